The predicted octanol–water partition coefficient (Wildman–Crippen LogP) is 3.38. The molecule has 1 aromatic carbocycles. The van der Waals surface area contributed by atoms with E-state index >= 15 is 0 Å². The molecule has 0 aliphatic heterocycles. The third-order valence-electron chi connectivity index (χ3n) is 3.17. The van der Waals surface area contributed by atoms with Crippen LogP contribution in [-0.2, 0) is 0 Å². The second-order valence-electron chi connectivity index (χ2n) is 4.63. The first-order valence-corrected chi connectivity index (χ1v) is 5.79. The van der Waals surface area contributed by atoms with Crippen molar-refractivity contribution in [3.63, 3.8) is 0 Å². The number of rotatable bonds is 4. The van der Waals surface area contributed by atoms with Crippen LogP contribution in [0.2, 0.25) is 0 Å². The van der Waals surface area contributed by atoms with Crippen LogP contribution < -0.4 is 5.32 Å². The zero-order chi connectivity index (χ0) is 10.7. The Morgan fingerprint density at radius 1 is 1.47 bits per heavy atom. The quantitative estimate of drug-likeness (QED) is 0.789. The van der Waals surface area contributed by atoms with E-state index in [0.717, 1.165) is 11.6 Å². The Morgan fingerprint density at radius 3 is 2.87 bits per heavy atom. The summed E-state index contributed by atoms with van der Waals surface area (Å²) >= 11 is 0. The van der Waals surface area contributed by atoms with E-state index in [9.17, 15) is 5.11 Å². The van der Waals surface area contributed by atoms with Crippen LogP contribution in [0.15, 0.2) is 24.3 Å². The number of nitrogens with one attached hydrogen (secondary N) is 1. The van der Waals surface area contributed by atoms with Crippen molar-refractivity contribution in [3.8, 4) is 5.75 Å². The Kier molecular flexibility index (Phi) is 3.14. The van der Waals surface area contributed by atoms with Gasteiger partial charge in [-0.1, -0.05) is 25.3 Å². The highest BCUT2D eigenvalue weighted by Gasteiger charge is 2.19. The van der Waals surface area contributed by atoms with Crippen LogP contribution in [0.25, 0.3) is 0 Å². The SMILES string of the molecule is CC(CC1CCC1)Nc1cccc(O)c1. The van der Waals surface area contributed by atoms with Crippen LogP contribution in [-0.4, -0.2) is 11.1 Å². The first-order chi connectivity index (χ1) is 7.24. The summed E-state index contributed by atoms with van der Waals surface area (Å²) in [5.74, 6) is 1.25. The van der Waals surface area contributed by atoms with Crippen molar-refractivity contribution >= 4 is 5.69 Å². The fourth-order valence-corrected chi connectivity index (χ4v) is 2.17. The first kappa shape index (κ1) is 10.3. The lowest BCUT2D eigenvalue weighted by atomic mass is 9.81. The molecule has 0 heterocycles. The standard InChI is InChI=1S/C13H19NO/c1-10(8-11-4-2-5-11)14-12-6-3-7-13(15)9-12/h3,6-7,9-11,14-15H,2,4-5,8H2,1H3. The summed E-state index contributed by atoms with van der Waals surface area (Å²) in [6.07, 6.45) is 5.44. The van der Waals surface area contributed by atoms with E-state index in [1.165, 1.54) is 25.7 Å². The number of anilines is 1. The molecule has 0 bridgehead atoms. The van der Waals surface area contributed by atoms with Gasteiger partial charge < -0.3 is 10.4 Å². The Bertz CT molecular complexity index is 320. The third kappa shape index (κ3) is 2.88. The van der Waals surface area contributed by atoms with Gasteiger partial charge in [-0.25, -0.2) is 0 Å². The van der Waals surface area contributed by atoms with Crippen LogP contribution in [0, 0.1) is 5.92 Å². The molecule has 0 radical (unpaired) electrons. The summed E-state index contributed by atoms with van der Waals surface area (Å²) in [6, 6.07) is 7.83. The van der Waals surface area contributed by atoms with Gasteiger partial charge in [-0.15, -0.1) is 0 Å². The average molecular weight is 205 g/mol. The van der Waals surface area contributed by atoms with E-state index < -0.39 is 0 Å². The molecule has 1 unspecified atom stereocenters. The summed E-state index contributed by atoms with van der Waals surface area (Å²) in [7, 11) is 0. The van der Waals surface area contributed by atoms with Crippen molar-refractivity contribution in [1.29, 1.82) is 0 Å². The highest BCUT2D eigenvalue weighted by atomic mass is 16.3. The molecule has 82 valence electrons. The molecule has 1 aliphatic rings. The normalized spacial score (nSPS) is 18.2. The highest BCUT2D eigenvalue weighted by Crippen LogP contribution is 2.31. The molecule has 1 atom stereocenters. The highest BCUT2D eigenvalue weighted by molar-refractivity contribution is 5.48. The molecule has 0 aromatic heterocycles. The number of phenolic OH excluding ortho intramolecular Hbond substituents is 1. The smallest absolute Gasteiger partial charge is 0.117 e. The minimum Gasteiger partial charge on any atom is -0.508 e. The minimum absolute atomic E-state index is 0.329. The molecule has 2 heteroatoms. The van der Waals surface area contributed by atoms with Crippen molar-refractivity contribution in [2.75, 3.05) is 5.32 Å². The molecule has 0 amide bonds. The summed E-state index contributed by atoms with van der Waals surface area (Å²) in [4.78, 5) is 0. The number of benzene rings is 1. The van der Waals surface area contributed by atoms with Crippen LogP contribution in [0.5, 0.6) is 5.75 Å². The Hall–Kier alpha value is -1.18. The van der Waals surface area contributed by atoms with Crippen molar-refractivity contribution in [1.82, 2.24) is 0 Å². The van der Waals surface area contributed by atoms with Gasteiger partial charge in [-0.3, -0.25) is 0 Å². The minimum atomic E-state index is 0.329. The van der Waals surface area contributed by atoms with Crippen LogP contribution in [0.4, 0.5) is 5.69 Å². The van der Waals surface area contributed by atoms with Crippen LogP contribution in [0.1, 0.15) is 32.6 Å². The van der Waals surface area contributed by atoms with Gasteiger partial charge in [0, 0.05) is 17.8 Å². The molecule has 1 saturated carbocycles. The van der Waals surface area contributed by atoms with E-state index in [2.05, 4.69) is 12.2 Å². The van der Waals surface area contributed by atoms with Gasteiger partial charge in [-0.05, 0) is 31.4 Å². The van der Waals surface area contributed by atoms with Gasteiger partial charge in [0.2, 0.25) is 0 Å². The maximum atomic E-state index is 9.33. The van der Waals surface area contributed by atoms with E-state index in [1.807, 2.05) is 12.1 Å². The van der Waals surface area contributed by atoms with Crippen LogP contribution >= 0.6 is 0 Å². The molecule has 15 heavy (non-hydrogen) atoms. The molecular formula is C13H19NO. The molecule has 0 spiro atoms. The van der Waals surface area contributed by atoms with E-state index in [0.29, 0.717) is 11.8 Å². The second-order valence-corrected chi connectivity index (χ2v) is 4.63. The van der Waals surface area contributed by atoms with Crippen molar-refractivity contribution in [2.24, 2.45) is 5.92 Å². The monoisotopic (exact) mass is 205 g/mol. The lowest BCUT2D eigenvalue weighted by Crippen LogP contribution is -2.23. The van der Waals surface area contributed by atoms with E-state index in [4.69, 9.17) is 0 Å². The summed E-state index contributed by atoms with van der Waals surface area (Å²) < 4.78 is 0. The summed E-state index contributed by atoms with van der Waals surface area (Å²) in [6.45, 7) is 2.21. The fourth-order valence-electron chi connectivity index (χ4n) is 2.17. The van der Waals surface area contributed by atoms with Crippen molar-refractivity contribution in [2.45, 2.75) is 38.6 Å². The number of hydrogen-bond donors (Lipinski definition) is 2. The molecule has 1 fully saturated rings. The zero-order valence-corrected chi connectivity index (χ0v) is 9.24. The molecule has 2 N–H and O–H groups in total. The summed E-state index contributed by atoms with van der Waals surface area (Å²) in [5, 5.41) is 12.7. The lowest BCUT2D eigenvalue weighted by molar-refractivity contribution is 0.286. The number of phenols is 1. The molecule has 1 aliphatic carbocycles. The summed E-state index contributed by atoms with van der Waals surface area (Å²) in [5.41, 5.74) is 1.02. The van der Waals surface area contributed by atoms with E-state index in [-0.39, 0.29) is 0 Å². The van der Waals surface area contributed by atoms with Gasteiger partial charge >= 0.3 is 0 Å². The predicted molar refractivity (Wildman–Crippen MR) is 63.1 cm³/mol. The number of hydrogen-bond acceptors (Lipinski definition) is 2. The first-order valence-electron chi connectivity index (χ1n) is 5.79. The van der Waals surface area contributed by atoms with Crippen molar-refractivity contribution in [3.05, 3.63) is 24.3 Å². The van der Waals surface area contributed by atoms with Gasteiger partial charge in [0.05, 0.1) is 0 Å². The fraction of sp³-hybridized carbons (Fsp3) is 0.538. The van der Waals surface area contributed by atoms with Crippen molar-refractivity contribution < 1.29 is 5.11 Å². The second kappa shape index (κ2) is 4.56. The number of aromatic hydroxyl groups is 1. The maximum absolute atomic E-state index is 9.33. The Morgan fingerprint density at radius 2 is 2.27 bits per heavy atom. The molecule has 2 rings (SSSR count). The van der Waals surface area contributed by atoms with Crippen LogP contribution in [0.3, 0.4) is 0 Å². The third-order valence-corrected chi connectivity index (χ3v) is 3.17. The molecule has 0 saturated heterocycles. The molecule has 1 aromatic rings. The largest absolute Gasteiger partial charge is 0.508 e. The molecule has 2 nitrogen and oxygen atoms in total. The lowest BCUT2D eigenvalue weighted by Gasteiger charge is -2.28. The van der Waals surface area contributed by atoms with Gasteiger partial charge in [-0.2, -0.15) is 0 Å². The Balaban J connectivity index is 1.84. The Labute approximate surface area is 91.3 Å². The molecular weight excluding hydrogens is 186 g/mol. The van der Waals surface area contributed by atoms with Gasteiger partial charge in [0.15, 0.2) is 0 Å². The zero-order valence-electron chi connectivity index (χ0n) is 9.24. The average Bonchev–Trinajstić information content (AvgIpc) is 2.11. The topological polar surface area (TPSA) is 32.3 Å². The van der Waals surface area contributed by atoms with Gasteiger partial charge in [0.25, 0.3) is 0 Å². The maximum Gasteiger partial charge on any atom is 0.117 e. The van der Waals surface area contributed by atoms with Gasteiger partial charge in [0.1, 0.15) is 5.75 Å². The van der Waals surface area contributed by atoms with E-state index in [1.54, 1.807) is 12.1 Å².